The summed E-state index contributed by atoms with van der Waals surface area (Å²) in [5, 5.41) is 13.3. The molecule has 1 atom stereocenters. The summed E-state index contributed by atoms with van der Waals surface area (Å²) in [6, 6.07) is 7.07. The third kappa shape index (κ3) is 3.90. The highest BCUT2D eigenvalue weighted by molar-refractivity contribution is 7.07. The molecule has 0 fully saturated rings. The van der Waals surface area contributed by atoms with Crippen molar-refractivity contribution in [2.75, 3.05) is 6.54 Å². The topological polar surface area (TPSA) is 89.2 Å². The summed E-state index contributed by atoms with van der Waals surface area (Å²) in [6.45, 7) is 0.442. The second-order valence-electron chi connectivity index (χ2n) is 5.03. The van der Waals surface area contributed by atoms with E-state index in [1.807, 2.05) is 29.1 Å². The fraction of sp³-hybridized carbons (Fsp3) is 0.188. The lowest BCUT2D eigenvalue weighted by Gasteiger charge is -2.17. The number of hydrogen-bond acceptors (Lipinski definition) is 5. The van der Waals surface area contributed by atoms with Crippen LogP contribution in [0.4, 0.5) is 0 Å². The van der Waals surface area contributed by atoms with Crippen LogP contribution in [0.25, 0.3) is 0 Å². The van der Waals surface area contributed by atoms with Crippen LogP contribution in [0.2, 0.25) is 0 Å². The summed E-state index contributed by atoms with van der Waals surface area (Å²) in [4.78, 5) is 23.8. The summed E-state index contributed by atoms with van der Waals surface area (Å²) in [7, 11) is 0. The molecule has 2 amide bonds. The van der Waals surface area contributed by atoms with Gasteiger partial charge in [-0.2, -0.15) is 16.4 Å². The molecular formula is C16H16N4O3S. The normalized spacial score (nSPS) is 11.8. The Bertz CT molecular complexity index is 732. The summed E-state index contributed by atoms with van der Waals surface area (Å²) in [5.41, 5.74) is 1.03. The van der Waals surface area contributed by atoms with E-state index in [0.29, 0.717) is 5.76 Å². The molecule has 8 heteroatoms. The summed E-state index contributed by atoms with van der Waals surface area (Å²) in [6.07, 6.45) is 5.01. The Kier molecular flexibility index (Phi) is 5.07. The van der Waals surface area contributed by atoms with Crippen LogP contribution >= 0.6 is 11.3 Å². The van der Waals surface area contributed by atoms with E-state index in [0.717, 1.165) is 5.56 Å². The van der Waals surface area contributed by atoms with Gasteiger partial charge in [-0.1, -0.05) is 0 Å². The molecule has 3 rings (SSSR count). The fourth-order valence-electron chi connectivity index (χ4n) is 2.22. The molecule has 0 aliphatic carbocycles. The van der Waals surface area contributed by atoms with Crippen molar-refractivity contribution in [2.45, 2.75) is 12.6 Å². The van der Waals surface area contributed by atoms with Crippen molar-refractivity contribution < 1.29 is 14.0 Å². The van der Waals surface area contributed by atoms with Crippen molar-refractivity contribution in [2.24, 2.45) is 0 Å². The zero-order valence-electron chi connectivity index (χ0n) is 12.7. The number of amides is 2. The molecule has 124 valence electrons. The van der Waals surface area contributed by atoms with Crippen LogP contribution in [-0.4, -0.2) is 28.1 Å². The predicted octanol–water partition coefficient (Wildman–Crippen LogP) is 1.56. The second kappa shape index (κ2) is 7.60. The lowest BCUT2D eigenvalue weighted by atomic mass is 10.1. The number of aromatic nitrogens is 2. The SMILES string of the molecule is O=C(NCc1ccco1)C(=O)NC[C@@H](c1ccsc1)n1cccn1. The number of carbonyl (C=O) groups is 2. The maximum Gasteiger partial charge on any atom is 0.309 e. The van der Waals surface area contributed by atoms with Crippen molar-refractivity contribution in [3.05, 3.63) is 65.0 Å². The lowest BCUT2D eigenvalue weighted by molar-refractivity contribution is -0.139. The van der Waals surface area contributed by atoms with E-state index >= 15 is 0 Å². The van der Waals surface area contributed by atoms with E-state index in [2.05, 4.69) is 15.7 Å². The third-order valence-corrected chi connectivity index (χ3v) is 4.14. The van der Waals surface area contributed by atoms with Gasteiger partial charge >= 0.3 is 11.8 Å². The van der Waals surface area contributed by atoms with Gasteiger partial charge in [-0.15, -0.1) is 0 Å². The minimum absolute atomic E-state index is 0.159. The fourth-order valence-corrected chi connectivity index (χ4v) is 2.93. The van der Waals surface area contributed by atoms with E-state index in [1.165, 1.54) is 6.26 Å². The minimum atomic E-state index is -0.698. The zero-order valence-corrected chi connectivity index (χ0v) is 13.5. The Morgan fingerprint density at radius 1 is 1.25 bits per heavy atom. The third-order valence-electron chi connectivity index (χ3n) is 3.44. The monoisotopic (exact) mass is 344 g/mol. The van der Waals surface area contributed by atoms with Gasteiger partial charge in [-0.25, -0.2) is 0 Å². The number of hydrogen-bond donors (Lipinski definition) is 2. The first kappa shape index (κ1) is 16.0. The van der Waals surface area contributed by atoms with Crippen LogP contribution in [0.1, 0.15) is 17.4 Å². The Labute approximate surface area is 142 Å². The molecule has 24 heavy (non-hydrogen) atoms. The van der Waals surface area contributed by atoms with Gasteiger partial charge in [-0.05, 0) is 40.6 Å². The number of thiophene rings is 1. The smallest absolute Gasteiger partial charge is 0.309 e. The van der Waals surface area contributed by atoms with Gasteiger partial charge in [0.05, 0.1) is 18.8 Å². The maximum atomic E-state index is 12.0. The predicted molar refractivity (Wildman–Crippen MR) is 88.2 cm³/mol. The van der Waals surface area contributed by atoms with Gasteiger partial charge in [0.2, 0.25) is 0 Å². The first-order valence-corrected chi connectivity index (χ1v) is 8.28. The molecule has 2 N–H and O–H groups in total. The highest BCUT2D eigenvalue weighted by Crippen LogP contribution is 2.19. The van der Waals surface area contributed by atoms with Crippen molar-refractivity contribution in [1.29, 1.82) is 0 Å². The Hall–Kier alpha value is -2.87. The lowest BCUT2D eigenvalue weighted by Crippen LogP contribution is -2.41. The Morgan fingerprint density at radius 3 is 2.79 bits per heavy atom. The highest BCUT2D eigenvalue weighted by atomic mass is 32.1. The van der Waals surface area contributed by atoms with Crippen molar-refractivity contribution >= 4 is 23.2 Å². The largest absolute Gasteiger partial charge is 0.467 e. The number of rotatable bonds is 6. The molecule has 0 bridgehead atoms. The molecule has 0 aromatic carbocycles. The second-order valence-corrected chi connectivity index (χ2v) is 5.81. The zero-order chi connectivity index (χ0) is 16.8. The van der Waals surface area contributed by atoms with Gasteiger partial charge in [-0.3, -0.25) is 14.3 Å². The average molecular weight is 344 g/mol. The number of nitrogens with zero attached hydrogens (tertiary/aromatic N) is 2. The summed E-state index contributed by atoms with van der Waals surface area (Å²) in [5.74, 6) is -0.797. The molecule has 0 radical (unpaired) electrons. The number of furan rings is 1. The van der Waals surface area contributed by atoms with Gasteiger partial charge in [0.15, 0.2) is 0 Å². The minimum Gasteiger partial charge on any atom is -0.467 e. The summed E-state index contributed by atoms with van der Waals surface area (Å²) >= 11 is 1.57. The molecule has 0 aliphatic heterocycles. The van der Waals surface area contributed by atoms with Gasteiger partial charge in [0.25, 0.3) is 0 Å². The van der Waals surface area contributed by atoms with Gasteiger partial charge in [0.1, 0.15) is 5.76 Å². The van der Waals surface area contributed by atoms with Crippen molar-refractivity contribution in [3.63, 3.8) is 0 Å². The van der Waals surface area contributed by atoms with Crippen LogP contribution < -0.4 is 10.6 Å². The van der Waals surface area contributed by atoms with Crippen molar-refractivity contribution in [3.8, 4) is 0 Å². The van der Waals surface area contributed by atoms with Crippen LogP contribution in [0.3, 0.4) is 0 Å². The van der Waals surface area contributed by atoms with Gasteiger partial charge < -0.3 is 15.1 Å². The maximum absolute atomic E-state index is 12.0. The molecule has 0 aliphatic rings. The average Bonchev–Trinajstić information content (AvgIpc) is 3.35. The van der Waals surface area contributed by atoms with Crippen molar-refractivity contribution in [1.82, 2.24) is 20.4 Å². The summed E-state index contributed by atoms with van der Waals surface area (Å²) < 4.78 is 6.86. The highest BCUT2D eigenvalue weighted by Gasteiger charge is 2.19. The van der Waals surface area contributed by atoms with E-state index in [9.17, 15) is 9.59 Å². The van der Waals surface area contributed by atoms with E-state index < -0.39 is 11.8 Å². The molecule has 3 aromatic heterocycles. The molecule has 0 saturated carbocycles. The van der Waals surface area contributed by atoms with Gasteiger partial charge in [0, 0.05) is 18.9 Å². The molecule has 0 saturated heterocycles. The molecule has 7 nitrogen and oxygen atoms in total. The number of carbonyl (C=O) groups excluding carboxylic acids is 2. The molecular weight excluding hydrogens is 328 g/mol. The van der Waals surface area contributed by atoms with Crippen LogP contribution in [0.5, 0.6) is 0 Å². The van der Waals surface area contributed by atoms with E-state index in [4.69, 9.17) is 4.42 Å². The first-order chi connectivity index (χ1) is 11.7. The molecule has 3 heterocycles. The standard InChI is InChI=1S/C16H16N4O3S/c21-15(17-9-13-3-1-7-23-13)16(22)18-10-14(12-4-8-24-11-12)20-6-2-5-19-20/h1-8,11,14H,9-10H2,(H,17,21)(H,18,22)/t14-/m0/s1. The van der Waals surface area contributed by atoms with E-state index in [1.54, 1.807) is 34.3 Å². The van der Waals surface area contributed by atoms with Crippen LogP contribution in [0, 0.1) is 0 Å². The number of nitrogens with one attached hydrogen (secondary N) is 2. The van der Waals surface area contributed by atoms with E-state index in [-0.39, 0.29) is 19.1 Å². The van der Waals surface area contributed by atoms with Crippen LogP contribution in [0.15, 0.2) is 58.1 Å². The quantitative estimate of drug-likeness (QED) is 0.664. The molecule has 3 aromatic rings. The first-order valence-electron chi connectivity index (χ1n) is 7.33. The van der Waals surface area contributed by atoms with Crippen LogP contribution in [-0.2, 0) is 16.1 Å². The Morgan fingerprint density at radius 2 is 2.12 bits per heavy atom. The molecule has 0 unspecified atom stereocenters. The Balaban J connectivity index is 1.56. The molecule has 0 spiro atoms.